The highest BCUT2D eigenvalue weighted by Crippen LogP contribution is 2.21. The smallest absolute Gasteiger partial charge is 0.255 e. The zero-order valence-electron chi connectivity index (χ0n) is 14.1. The summed E-state index contributed by atoms with van der Waals surface area (Å²) in [6.45, 7) is 5.69. The van der Waals surface area contributed by atoms with Crippen LogP contribution in [0.3, 0.4) is 0 Å². The van der Waals surface area contributed by atoms with Crippen LogP contribution >= 0.6 is 27.5 Å². The molecule has 1 heterocycles. The van der Waals surface area contributed by atoms with E-state index in [-0.39, 0.29) is 11.9 Å². The van der Waals surface area contributed by atoms with E-state index in [1.54, 1.807) is 29.1 Å². The van der Waals surface area contributed by atoms with Crippen LogP contribution in [0.2, 0.25) is 5.02 Å². The highest BCUT2D eigenvalue weighted by atomic mass is 79.9. The number of carbonyl (C=O) groups excluding carboxylic acids is 1. The lowest BCUT2D eigenvalue weighted by Crippen LogP contribution is -2.27. The minimum absolute atomic E-state index is 0.201. The van der Waals surface area contributed by atoms with Crippen molar-refractivity contribution in [2.24, 2.45) is 0 Å². The van der Waals surface area contributed by atoms with Crippen molar-refractivity contribution in [2.75, 3.05) is 0 Å². The van der Waals surface area contributed by atoms with E-state index in [2.05, 4.69) is 32.9 Å². The predicted octanol–water partition coefficient (Wildman–Crippen LogP) is 5.25. The monoisotopic (exact) mass is 429 g/mol. The summed E-state index contributed by atoms with van der Waals surface area (Å²) < 4.78 is 2.66. The third kappa shape index (κ3) is 3.89. The van der Waals surface area contributed by atoms with Gasteiger partial charge in [-0.15, -0.1) is 6.58 Å². The second kappa shape index (κ2) is 7.89. The molecule has 132 valence electrons. The molecule has 0 aliphatic carbocycles. The molecule has 0 bridgehead atoms. The van der Waals surface area contributed by atoms with Crippen molar-refractivity contribution in [3.63, 3.8) is 0 Å². The number of amides is 1. The number of hydrogen-bond donors (Lipinski definition) is 1. The second-order valence-corrected chi connectivity index (χ2v) is 7.13. The lowest BCUT2D eigenvalue weighted by atomic mass is 10.1. The highest BCUT2D eigenvalue weighted by Gasteiger charge is 2.18. The van der Waals surface area contributed by atoms with Gasteiger partial charge in [0.05, 0.1) is 29.2 Å². The van der Waals surface area contributed by atoms with Crippen LogP contribution in [0, 0.1) is 6.92 Å². The van der Waals surface area contributed by atoms with Gasteiger partial charge in [0.25, 0.3) is 5.91 Å². The maximum absolute atomic E-state index is 12.7. The minimum Gasteiger partial charge on any atom is -0.342 e. The summed E-state index contributed by atoms with van der Waals surface area (Å²) in [6.07, 6.45) is 3.28. The number of nitrogens with zero attached hydrogens (tertiary/aromatic N) is 2. The number of carbonyl (C=O) groups is 1. The summed E-state index contributed by atoms with van der Waals surface area (Å²) in [4.78, 5) is 12.7. The number of aromatic nitrogens is 2. The molecule has 0 unspecified atom stereocenters. The van der Waals surface area contributed by atoms with Crippen LogP contribution < -0.4 is 5.32 Å². The number of benzene rings is 2. The Balaban J connectivity index is 1.84. The van der Waals surface area contributed by atoms with Crippen molar-refractivity contribution in [2.45, 2.75) is 13.0 Å². The molecule has 0 spiro atoms. The first-order valence-corrected chi connectivity index (χ1v) is 9.16. The molecule has 4 nitrogen and oxygen atoms in total. The van der Waals surface area contributed by atoms with Gasteiger partial charge in [-0.05, 0) is 48.9 Å². The predicted molar refractivity (Wildman–Crippen MR) is 108 cm³/mol. The van der Waals surface area contributed by atoms with E-state index in [0.29, 0.717) is 10.6 Å². The van der Waals surface area contributed by atoms with Crippen LogP contribution in [0.15, 0.2) is 71.9 Å². The third-order valence-corrected chi connectivity index (χ3v) is 4.80. The van der Waals surface area contributed by atoms with E-state index in [0.717, 1.165) is 21.4 Å². The Morgan fingerprint density at radius 1 is 1.31 bits per heavy atom. The molecular formula is C20H17BrClN3O. The molecule has 0 aliphatic heterocycles. The van der Waals surface area contributed by atoms with E-state index >= 15 is 0 Å². The Bertz CT molecular complexity index is 950. The van der Waals surface area contributed by atoms with Gasteiger partial charge in [0.2, 0.25) is 0 Å². The Morgan fingerprint density at radius 3 is 2.69 bits per heavy atom. The Labute approximate surface area is 165 Å². The largest absolute Gasteiger partial charge is 0.342 e. The van der Waals surface area contributed by atoms with Gasteiger partial charge in [-0.2, -0.15) is 5.10 Å². The maximum Gasteiger partial charge on any atom is 0.255 e. The molecule has 2 aromatic carbocycles. The lowest BCUT2D eigenvalue weighted by Gasteiger charge is -2.15. The fraction of sp³-hybridized carbons (Fsp3) is 0.100. The first-order chi connectivity index (χ1) is 12.5. The van der Waals surface area contributed by atoms with Crippen molar-refractivity contribution in [1.82, 2.24) is 15.1 Å². The fourth-order valence-electron chi connectivity index (χ4n) is 2.67. The summed E-state index contributed by atoms with van der Waals surface area (Å²) in [7, 11) is 0. The van der Waals surface area contributed by atoms with Gasteiger partial charge in [-0.25, -0.2) is 4.68 Å². The molecule has 0 radical (unpaired) electrons. The van der Waals surface area contributed by atoms with Crippen LogP contribution in [-0.4, -0.2) is 15.7 Å². The molecule has 1 atom stereocenters. The molecule has 1 N–H and O–H groups in total. The zero-order valence-corrected chi connectivity index (χ0v) is 16.5. The van der Waals surface area contributed by atoms with E-state index < -0.39 is 0 Å². The first-order valence-electron chi connectivity index (χ1n) is 7.99. The highest BCUT2D eigenvalue weighted by molar-refractivity contribution is 9.10. The van der Waals surface area contributed by atoms with Gasteiger partial charge in [0, 0.05) is 9.50 Å². The maximum atomic E-state index is 12.7. The van der Waals surface area contributed by atoms with Crippen LogP contribution in [-0.2, 0) is 0 Å². The van der Waals surface area contributed by atoms with Crippen molar-refractivity contribution in [3.8, 4) is 5.69 Å². The van der Waals surface area contributed by atoms with Gasteiger partial charge in [-0.3, -0.25) is 4.79 Å². The molecule has 0 aliphatic rings. The Morgan fingerprint density at radius 2 is 2.04 bits per heavy atom. The molecule has 0 saturated heterocycles. The van der Waals surface area contributed by atoms with Gasteiger partial charge in [0.15, 0.2) is 0 Å². The Kier molecular flexibility index (Phi) is 5.59. The molecule has 1 amide bonds. The van der Waals surface area contributed by atoms with Crippen molar-refractivity contribution < 1.29 is 4.79 Å². The first kappa shape index (κ1) is 18.4. The normalized spacial score (nSPS) is 11.8. The van der Waals surface area contributed by atoms with Gasteiger partial charge >= 0.3 is 0 Å². The van der Waals surface area contributed by atoms with E-state index in [1.165, 1.54) is 0 Å². The van der Waals surface area contributed by atoms with Crippen LogP contribution in [0.25, 0.3) is 5.69 Å². The number of halogens is 2. The summed E-state index contributed by atoms with van der Waals surface area (Å²) in [5, 5.41) is 7.98. The molecule has 3 aromatic rings. The molecule has 6 heteroatoms. The van der Waals surface area contributed by atoms with Crippen LogP contribution in [0.5, 0.6) is 0 Å². The second-order valence-electron chi connectivity index (χ2n) is 5.77. The number of hydrogen-bond acceptors (Lipinski definition) is 2. The SMILES string of the molecule is C=C[C@H](NC(=O)c1cnn(-c2ccc(Cl)cc2)c1C)c1cccc(Br)c1. The molecule has 0 saturated carbocycles. The lowest BCUT2D eigenvalue weighted by molar-refractivity contribution is 0.0943. The van der Waals surface area contributed by atoms with E-state index in [9.17, 15) is 4.79 Å². The van der Waals surface area contributed by atoms with Crippen LogP contribution in [0.1, 0.15) is 27.7 Å². The van der Waals surface area contributed by atoms with Crippen molar-refractivity contribution in [3.05, 3.63) is 93.7 Å². The fourth-order valence-corrected chi connectivity index (χ4v) is 3.22. The van der Waals surface area contributed by atoms with Crippen molar-refractivity contribution in [1.29, 1.82) is 0 Å². The molecule has 26 heavy (non-hydrogen) atoms. The summed E-state index contributed by atoms with van der Waals surface area (Å²) >= 11 is 9.38. The average Bonchev–Trinajstić information content (AvgIpc) is 3.02. The van der Waals surface area contributed by atoms with Crippen LogP contribution in [0.4, 0.5) is 0 Å². The number of nitrogens with one attached hydrogen (secondary N) is 1. The van der Waals surface area contributed by atoms with E-state index in [1.807, 2.05) is 43.3 Å². The topological polar surface area (TPSA) is 46.9 Å². The van der Waals surface area contributed by atoms with E-state index in [4.69, 9.17) is 11.6 Å². The average molecular weight is 431 g/mol. The van der Waals surface area contributed by atoms with Gasteiger partial charge < -0.3 is 5.32 Å². The van der Waals surface area contributed by atoms with Gasteiger partial charge in [0.1, 0.15) is 0 Å². The van der Waals surface area contributed by atoms with Gasteiger partial charge in [-0.1, -0.05) is 45.7 Å². The van der Waals surface area contributed by atoms with Crippen molar-refractivity contribution >= 4 is 33.4 Å². The molecular weight excluding hydrogens is 414 g/mol. The molecule has 3 rings (SSSR count). The molecule has 0 fully saturated rings. The standard InChI is InChI=1S/C20H17BrClN3O/c1-3-19(14-5-4-6-15(21)11-14)24-20(26)18-12-23-25(13(18)2)17-9-7-16(22)8-10-17/h3-12,19H,1H2,2H3,(H,24,26)/t19-/m0/s1. The third-order valence-electron chi connectivity index (χ3n) is 4.06. The summed E-state index contributed by atoms with van der Waals surface area (Å²) in [5.74, 6) is -0.201. The summed E-state index contributed by atoms with van der Waals surface area (Å²) in [5.41, 5.74) is 3.06. The number of rotatable bonds is 5. The Hall–Kier alpha value is -2.37. The zero-order chi connectivity index (χ0) is 18.7. The minimum atomic E-state index is -0.293. The molecule has 1 aromatic heterocycles. The summed E-state index contributed by atoms with van der Waals surface area (Å²) in [6, 6.07) is 14.8. The quantitative estimate of drug-likeness (QED) is 0.562.